The largest absolute Gasteiger partial charge is 0.506 e. The van der Waals surface area contributed by atoms with E-state index in [0.717, 1.165) is 15.9 Å². The first-order valence-electron chi connectivity index (χ1n) is 8.84. The topological polar surface area (TPSA) is 79.5 Å². The molecule has 0 radical (unpaired) electrons. The molecule has 150 valence electrons. The van der Waals surface area contributed by atoms with Gasteiger partial charge in [0.15, 0.2) is 0 Å². The molecule has 1 amide bonds. The molecule has 0 bridgehead atoms. The monoisotopic (exact) mass is 518 g/mol. The van der Waals surface area contributed by atoms with Crippen molar-refractivity contribution in [2.45, 2.75) is 26.2 Å². The summed E-state index contributed by atoms with van der Waals surface area (Å²) >= 11 is 6.63. The fourth-order valence-corrected chi connectivity index (χ4v) is 3.84. The van der Waals surface area contributed by atoms with Crippen LogP contribution in [0.4, 0.5) is 0 Å². The number of phenolic OH excluding ortho intramolecular Hbond substituents is 1. The summed E-state index contributed by atoms with van der Waals surface area (Å²) in [5.41, 5.74) is 4.71. The summed E-state index contributed by atoms with van der Waals surface area (Å²) < 4.78 is 2.90. The van der Waals surface area contributed by atoms with Crippen LogP contribution in [0.1, 0.15) is 42.5 Å². The van der Waals surface area contributed by atoms with Crippen LogP contribution in [0.25, 0.3) is 5.69 Å². The Labute approximate surface area is 185 Å². The fraction of sp³-hybridized carbons (Fsp3) is 0.190. The lowest BCUT2D eigenvalue weighted by molar-refractivity contribution is 0.0947. The van der Waals surface area contributed by atoms with Crippen LogP contribution in [-0.2, 0) is 5.41 Å². The SMILES string of the molecule is CC(C)(C)c1cc(C(=O)N/N=C\c2cc(Br)cc(Br)c2O)n(-c2ccccc2)n1. The van der Waals surface area contributed by atoms with Gasteiger partial charge in [-0.25, -0.2) is 10.1 Å². The molecular weight excluding hydrogens is 500 g/mol. The summed E-state index contributed by atoms with van der Waals surface area (Å²) in [7, 11) is 0. The van der Waals surface area contributed by atoms with Crippen LogP contribution >= 0.6 is 31.9 Å². The maximum atomic E-state index is 12.8. The van der Waals surface area contributed by atoms with Gasteiger partial charge in [0.25, 0.3) is 5.91 Å². The standard InChI is InChI=1S/C21H20Br2N4O2/c1-21(2,3)18-11-17(27(26-18)15-7-5-4-6-8-15)20(29)25-24-12-13-9-14(22)10-16(23)19(13)28/h4-12,28H,1-3H3,(H,25,29)/b24-12-. The average molecular weight is 520 g/mol. The van der Waals surface area contributed by atoms with E-state index in [-0.39, 0.29) is 11.2 Å². The van der Waals surface area contributed by atoms with Crippen molar-refractivity contribution in [3.05, 3.63) is 74.4 Å². The van der Waals surface area contributed by atoms with Crippen LogP contribution in [0.3, 0.4) is 0 Å². The second-order valence-electron chi connectivity index (χ2n) is 7.44. The summed E-state index contributed by atoms with van der Waals surface area (Å²) in [5, 5.41) is 18.7. The van der Waals surface area contributed by atoms with Gasteiger partial charge < -0.3 is 5.11 Å². The number of phenols is 1. The summed E-state index contributed by atoms with van der Waals surface area (Å²) in [6, 6.07) is 14.6. The van der Waals surface area contributed by atoms with Crippen LogP contribution in [0.2, 0.25) is 0 Å². The molecule has 29 heavy (non-hydrogen) atoms. The Hall–Kier alpha value is -2.45. The van der Waals surface area contributed by atoms with Gasteiger partial charge in [-0.05, 0) is 46.3 Å². The van der Waals surface area contributed by atoms with Crippen molar-refractivity contribution < 1.29 is 9.90 Å². The Morgan fingerprint density at radius 2 is 1.86 bits per heavy atom. The number of hydrogen-bond acceptors (Lipinski definition) is 4. The molecule has 1 heterocycles. The van der Waals surface area contributed by atoms with Crippen LogP contribution in [0.5, 0.6) is 5.75 Å². The van der Waals surface area contributed by atoms with Gasteiger partial charge in [-0.15, -0.1) is 0 Å². The van der Waals surface area contributed by atoms with Crippen LogP contribution < -0.4 is 5.43 Å². The molecule has 0 aliphatic rings. The number of carbonyl (C=O) groups is 1. The molecule has 0 aliphatic heterocycles. The van der Waals surface area contributed by atoms with Crippen molar-refractivity contribution in [2.75, 3.05) is 0 Å². The maximum Gasteiger partial charge on any atom is 0.290 e. The quantitative estimate of drug-likeness (QED) is 0.369. The predicted octanol–water partition coefficient (Wildman–Crippen LogP) is 5.16. The van der Waals surface area contributed by atoms with Gasteiger partial charge in [0.1, 0.15) is 11.4 Å². The predicted molar refractivity (Wildman–Crippen MR) is 121 cm³/mol. The number of amides is 1. The zero-order chi connectivity index (χ0) is 21.2. The van der Waals surface area contributed by atoms with E-state index in [1.54, 1.807) is 22.9 Å². The molecule has 0 unspecified atom stereocenters. The van der Waals surface area contributed by atoms with E-state index in [1.807, 2.05) is 51.1 Å². The molecule has 1 aromatic heterocycles. The maximum absolute atomic E-state index is 12.8. The molecule has 0 aliphatic carbocycles. The Morgan fingerprint density at radius 3 is 2.52 bits per heavy atom. The molecule has 6 nitrogen and oxygen atoms in total. The van der Waals surface area contributed by atoms with Gasteiger partial charge in [0, 0.05) is 15.5 Å². The minimum atomic E-state index is -0.401. The van der Waals surface area contributed by atoms with Gasteiger partial charge in [-0.3, -0.25) is 4.79 Å². The number of halogens is 2. The third-order valence-electron chi connectivity index (χ3n) is 4.14. The van der Waals surface area contributed by atoms with Gasteiger partial charge in [0.05, 0.1) is 22.1 Å². The normalized spacial score (nSPS) is 11.8. The van der Waals surface area contributed by atoms with Crippen LogP contribution in [0, 0.1) is 0 Å². The Kier molecular flexibility index (Phi) is 6.24. The first kappa shape index (κ1) is 21.3. The second kappa shape index (κ2) is 8.51. The molecule has 2 aromatic carbocycles. The lowest BCUT2D eigenvalue weighted by Crippen LogP contribution is -2.21. The molecule has 0 fully saturated rings. The minimum Gasteiger partial charge on any atom is -0.506 e. The molecule has 0 atom stereocenters. The molecule has 0 saturated carbocycles. The number of aromatic hydroxyl groups is 1. The number of carbonyl (C=O) groups excluding carboxylic acids is 1. The van der Waals surface area contributed by atoms with E-state index in [0.29, 0.717) is 15.7 Å². The summed E-state index contributed by atoms with van der Waals surface area (Å²) in [6.07, 6.45) is 1.39. The Balaban J connectivity index is 1.90. The van der Waals surface area contributed by atoms with Gasteiger partial charge in [-0.1, -0.05) is 54.9 Å². The highest BCUT2D eigenvalue weighted by Gasteiger charge is 2.23. The van der Waals surface area contributed by atoms with Gasteiger partial charge >= 0.3 is 0 Å². The number of para-hydroxylation sites is 1. The van der Waals surface area contributed by atoms with E-state index in [1.165, 1.54) is 6.21 Å². The van der Waals surface area contributed by atoms with Crippen molar-refractivity contribution in [2.24, 2.45) is 5.10 Å². The van der Waals surface area contributed by atoms with Gasteiger partial charge in [0.2, 0.25) is 0 Å². The van der Waals surface area contributed by atoms with Crippen molar-refractivity contribution >= 4 is 44.0 Å². The average Bonchev–Trinajstić information content (AvgIpc) is 3.12. The number of nitrogens with zero attached hydrogens (tertiary/aromatic N) is 3. The van der Waals surface area contributed by atoms with Crippen LogP contribution in [0.15, 0.2) is 62.6 Å². The lowest BCUT2D eigenvalue weighted by atomic mass is 9.92. The minimum absolute atomic E-state index is 0.0375. The molecule has 3 aromatic rings. The highest BCUT2D eigenvalue weighted by atomic mass is 79.9. The highest BCUT2D eigenvalue weighted by Crippen LogP contribution is 2.30. The zero-order valence-corrected chi connectivity index (χ0v) is 19.3. The van der Waals surface area contributed by atoms with Crippen molar-refractivity contribution in [1.29, 1.82) is 0 Å². The molecule has 2 N–H and O–H groups in total. The molecular formula is C21H20Br2N4O2. The van der Waals surface area contributed by atoms with E-state index < -0.39 is 5.91 Å². The number of hydrazone groups is 1. The Bertz CT molecular complexity index is 1070. The number of nitrogens with one attached hydrogen (secondary N) is 1. The summed E-state index contributed by atoms with van der Waals surface area (Å²) in [6.45, 7) is 6.12. The highest BCUT2D eigenvalue weighted by molar-refractivity contribution is 9.11. The van der Waals surface area contributed by atoms with Crippen LogP contribution in [-0.4, -0.2) is 27.0 Å². The summed E-state index contributed by atoms with van der Waals surface area (Å²) in [4.78, 5) is 12.8. The third-order valence-corrected chi connectivity index (χ3v) is 5.20. The van der Waals surface area contributed by atoms with Crippen molar-refractivity contribution in [1.82, 2.24) is 15.2 Å². The molecule has 0 saturated heterocycles. The van der Waals surface area contributed by atoms with E-state index in [4.69, 9.17) is 0 Å². The Morgan fingerprint density at radius 1 is 1.17 bits per heavy atom. The lowest BCUT2D eigenvalue weighted by Gasteiger charge is -2.14. The fourth-order valence-electron chi connectivity index (χ4n) is 2.58. The first-order chi connectivity index (χ1) is 13.7. The van der Waals surface area contributed by atoms with Crippen molar-refractivity contribution in [3.8, 4) is 11.4 Å². The zero-order valence-electron chi connectivity index (χ0n) is 16.1. The number of hydrogen-bond donors (Lipinski definition) is 2. The molecule has 8 heteroatoms. The summed E-state index contributed by atoms with van der Waals surface area (Å²) in [5.74, 6) is -0.364. The molecule has 3 rings (SSSR count). The molecule has 0 spiro atoms. The smallest absolute Gasteiger partial charge is 0.290 e. The van der Waals surface area contributed by atoms with Crippen molar-refractivity contribution in [3.63, 3.8) is 0 Å². The van der Waals surface area contributed by atoms with E-state index in [9.17, 15) is 9.90 Å². The third kappa shape index (κ3) is 4.94. The second-order valence-corrected chi connectivity index (χ2v) is 9.21. The van der Waals surface area contributed by atoms with E-state index in [2.05, 4.69) is 47.5 Å². The number of rotatable bonds is 4. The van der Waals surface area contributed by atoms with Gasteiger partial charge in [-0.2, -0.15) is 10.2 Å². The first-order valence-corrected chi connectivity index (χ1v) is 10.4. The number of benzene rings is 2. The number of aromatic nitrogens is 2. The van der Waals surface area contributed by atoms with E-state index >= 15 is 0 Å².